The minimum Gasteiger partial charge on any atom is -0.492 e. The number of rotatable bonds is 8. The molecule has 0 N–H and O–H groups in total. The van der Waals surface area contributed by atoms with Crippen LogP contribution < -0.4 is 9.64 Å². The summed E-state index contributed by atoms with van der Waals surface area (Å²) < 4.78 is 12.2. The Hall–Kier alpha value is -3.12. The molecule has 0 aliphatic heterocycles. The van der Waals surface area contributed by atoms with Gasteiger partial charge >= 0.3 is 0 Å². The van der Waals surface area contributed by atoms with Gasteiger partial charge in [0.1, 0.15) is 17.0 Å². The smallest absolute Gasteiger partial charge is 0.229 e. The van der Waals surface area contributed by atoms with Gasteiger partial charge in [-0.05, 0) is 43.2 Å². The number of aryl methyl sites for hydroxylation is 1. The average Bonchev–Trinajstić information content (AvgIpc) is 3.41. The number of para-hydroxylation sites is 1. The molecule has 0 aliphatic carbocycles. The Morgan fingerprint density at radius 1 is 1.10 bits per heavy atom. The maximum absolute atomic E-state index is 13.2. The first-order valence-corrected chi connectivity index (χ1v) is 10.4. The van der Waals surface area contributed by atoms with Crippen LogP contribution in [-0.2, 0) is 17.8 Å². The van der Waals surface area contributed by atoms with Crippen molar-refractivity contribution >= 4 is 32.6 Å². The van der Waals surface area contributed by atoms with Gasteiger partial charge in [0, 0.05) is 6.42 Å². The van der Waals surface area contributed by atoms with Crippen LogP contribution in [-0.4, -0.2) is 17.5 Å². The van der Waals surface area contributed by atoms with Crippen molar-refractivity contribution in [3.05, 3.63) is 78.3 Å². The molecule has 2 heterocycles. The largest absolute Gasteiger partial charge is 0.492 e. The van der Waals surface area contributed by atoms with E-state index in [0.29, 0.717) is 31.1 Å². The lowest BCUT2D eigenvalue weighted by Crippen LogP contribution is -2.30. The summed E-state index contributed by atoms with van der Waals surface area (Å²) in [5, 5.41) is 0.654. The Morgan fingerprint density at radius 3 is 2.72 bits per heavy atom. The topological polar surface area (TPSA) is 55.6 Å². The van der Waals surface area contributed by atoms with Gasteiger partial charge in [-0.2, -0.15) is 0 Å². The summed E-state index contributed by atoms with van der Waals surface area (Å²) in [6, 6.07) is 19.6. The summed E-state index contributed by atoms with van der Waals surface area (Å²) >= 11 is 1.49. The van der Waals surface area contributed by atoms with Gasteiger partial charge in [-0.3, -0.25) is 9.69 Å². The number of amides is 1. The van der Waals surface area contributed by atoms with Crippen LogP contribution in [0.1, 0.15) is 24.7 Å². The van der Waals surface area contributed by atoms with E-state index < -0.39 is 0 Å². The summed E-state index contributed by atoms with van der Waals surface area (Å²) in [5.74, 6) is 1.48. The van der Waals surface area contributed by atoms with Crippen LogP contribution in [0.25, 0.3) is 10.2 Å². The Morgan fingerprint density at radius 2 is 1.97 bits per heavy atom. The molecule has 2 aromatic carbocycles. The number of benzene rings is 2. The number of thiazole rings is 1. The predicted molar refractivity (Wildman–Crippen MR) is 115 cm³/mol. The van der Waals surface area contributed by atoms with Crippen molar-refractivity contribution in [3.8, 4) is 5.75 Å². The van der Waals surface area contributed by atoms with Gasteiger partial charge in [-0.15, -0.1) is 0 Å². The van der Waals surface area contributed by atoms with Crippen molar-refractivity contribution in [1.29, 1.82) is 0 Å². The molecular weight excluding hydrogens is 384 g/mol. The van der Waals surface area contributed by atoms with E-state index in [1.807, 2.05) is 67.6 Å². The number of furan rings is 1. The van der Waals surface area contributed by atoms with Crippen molar-refractivity contribution in [3.63, 3.8) is 0 Å². The third kappa shape index (κ3) is 4.49. The number of nitrogens with zero attached hydrogens (tertiary/aromatic N) is 2. The van der Waals surface area contributed by atoms with Crippen molar-refractivity contribution in [2.24, 2.45) is 0 Å². The summed E-state index contributed by atoms with van der Waals surface area (Å²) in [4.78, 5) is 19.6. The SMILES string of the molecule is CCOc1cccc2sc(N(Cc3ccco3)C(=O)CCc3ccccc3)nc12. The van der Waals surface area contributed by atoms with Gasteiger partial charge in [0.25, 0.3) is 0 Å². The summed E-state index contributed by atoms with van der Waals surface area (Å²) in [6.07, 6.45) is 2.70. The average molecular weight is 407 g/mol. The van der Waals surface area contributed by atoms with Crippen LogP contribution in [0.3, 0.4) is 0 Å². The molecule has 0 atom stereocenters. The quantitative estimate of drug-likeness (QED) is 0.390. The molecule has 0 saturated heterocycles. The van der Waals surface area contributed by atoms with Gasteiger partial charge in [0.15, 0.2) is 5.13 Å². The maximum atomic E-state index is 13.2. The van der Waals surface area contributed by atoms with Crippen molar-refractivity contribution in [1.82, 2.24) is 4.98 Å². The zero-order valence-electron chi connectivity index (χ0n) is 16.2. The Balaban J connectivity index is 1.62. The van der Waals surface area contributed by atoms with Gasteiger partial charge in [-0.1, -0.05) is 47.7 Å². The predicted octanol–water partition coefficient (Wildman–Crippen LogP) is 5.45. The zero-order valence-corrected chi connectivity index (χ0v) is 17.0. The summed E-state index contributed by atoms with van der Waals surface area (Å²) in [5.41, 5.74) is 1.93. The molecular formula is C23H22N2O3S. The molecule has 0 unspecified atom stereocenters. The number of ether oxygens (including phenoxy) is 1. The molecule has 6 heteroatoms. The molecule has 0 radical (unpaired) electrons. The van der Waals surface area contributed by atoms with Crippen LogP contribution in [0.15, 0.2) is 71.3 Å². The van der Waals surface area contributed by atoms with Gasteiger partial charge in [0.2, 0.25) is 5.91 Å². The van der Waals surface area contributed by atoms with Gasteiger partial charge in [-0.25, -0.2) is 4.98 Å². The highest BCUT2D eigenvalue weighted by Gasteiger charge is 2.22. The van der Waals surface area contributed by atoms with Crippen molar-refractivity contribution in [2.75, 3.05) is 11.5 Å². The second kappa shape index (κ2) is 8.92. The molecule has 4 aromatic rings. The minimum atomic E-state index is 0.0160. The Bertz CT molecular complexity index is 1070. The number of anilines is 1. The van der Waals surface area contributed by atoms with E-state index in [2.05, 4.69) is 0 Å². The molecule has 5 nitrogen and oxygen atoms in total. The fourth-order valence-corrected chi connectivity index (χ4v) is 4.15. The first-order chi connectivity index (χ1) is 14.2. The molecule has 148 valence electrons. The fourth-order valence-electron chi connectivity index (χ4n) is 3.15. The molecule has 0 bridgehead atoms. The van der Waals surface area contributed by atoms with E-state index in [9.17, 15) is 4.79 Å². The number of carbonyl (C=O) groups is 1. The maximum Gasteiger partial charge on any atom is 0.229 e. The lowest BCUT2D eigenvalue weighted by atomic mass is 10.1. The number of carbonyl (C=O) groups excluding carboxylic acids is 1. The van der Waals surface area contributed by atoms with Gasteiger partial charge < -0.3 is 9.15 Å². The third-order valence-electron chi connectivity index (χ3n) is 4.57. The van der Waals surface area contributed by atoms with E-state index in [0.717, 1.165) is 27.3 Å². The normalized spacial score (nSPS) is 10.9. The van der Waals surface area contributed by atoms with E-state index in [-0.39, 0.29) is 5.91 Å². The van der Waals surface area contributed by atoms with E-state index >= 15 is 0 Å². The standard InChI is InChI=1S/C23H22N2O3S/c1-2-27-19-11-6-12-20-22(19)24-23(29-20)25(16-18-10-7-15-28-18)21(26)14-13-17-8-4-3-5-9-17/h3-12,15H,2,13-14,16H2,1H3. The third-order valence-corrected chi connectivity index (χ3v) is 5.61. The molecule has 29 heavy (non-hydrogen) atoms. The van der Waals surface area contributed by atoms with Crippen LogP contribution in [0.5, 0.6) is 5.75 Å². The van der Waals surface area contributed by atoms with Crippen LogP contribution in [0.4, 0.5) is 5.13 Å². The first-order valence-electron chi connectivity index (χ1n) is 9.63. The number of hydrogen-bond donors (Lipinski definition) is 0. The molecule has 0 spiro atoms. The Kier molecular flexibility index (Phi) is 5.91. The lowest BCUT2D eigenvalue weighted by Gasteiger charge is -2.18. The van der Waals surface area contributed by atoms with Crippen LogP contribution in [0.2, 0.25) is 0 Å². The molecule has 2 aromatic heterocycles. The van der Waals surface area contributed by atoms with Crippen LogP contribution >= 0.6 is 11.3 Å². The summed E-state index contributed by atoms with van der Waals surface area (Å²) in [7, 11) is 0. The highest BCUT2D eigenvalue weighted by Crippen LogP contribution is 2.35. The summed E-state index contributed by atoms with van der Waals surface area (Å²) in [6.45, 7) is 2.87. The molecule has 0 aliphatic rings. The van der Waals surface area contributed by atoms with Crippen LogP contribution in [0, 0.1) is 0 Å². The van der Waals surface area contributed by atoms with Crippen molar-refractivity contribution in [2.45, 2.75) is 26.3 Å². The Labute approximate surface area is 173 Å². The molecule has 0 fully saturated rings. The number of hydrogen-bond acceptors (Lipinski definition) is 5. The highest BCUT2D eigenvalue weighted by molar-refractivity contribution is 7.22. The van der Waals surface area contributed by atoms with Gasteiger partial charge in [0.05, 0.1) is 24.1 Å². The molecule has 0 saturated carbocycles. The second-order valence-corrected chi connectivity index (χ2v) is 7.59. The zero-order chi connectivity index (χ0) is 20.1. The minimum absolute atomic E-state index is 0.0160. The molecule has 4 rings (SSSR count). The van der Waals surface area contributed by atoms with Crippen molar-refractivity contribution < 1.29 is 13.9 Å². The lowest BCUT2D eigenvalue weighted by molar-refractivity contribution is -0.118. The fraction of sp³-hybridized carbons (Fsp3) is 0.217. The first kappa shape index (κ1) is 19.2. The number of aromatic nitrogens is 1. The second-order valence-electron chi connectivity index (χ2n) is 6.58. The molecule has 1 amide bonds. The number of fused-ring (bicyclic) bond motifs is 1. The van der Waals surface area contributed by atoms with E-state index in [4.69, 9.17) is 14.1 Å². The highest BCUT2D eigenvalue weighted by atomic mass is 32.1. The van der Waals surface area contributed by atoms with E-state index in [1.165, 1.54) is 11.3 Å². The monoisotopic (exact) mass is 406 g/mol. The van der Waals surface area contributed by atoms with E-state index in [1.54, 1.807) is 11.2 Å².